The summed E-state index contributed by atoms with van der Waals surface area (Å²) in [5, 5.41) is 9.44. The molecular formula is C24H27N3O4. The highest BCUT2D eigenvalue weighted by Gasteiger charge is 2.64. The van der Waals surface area contributed by atoms with Gasteiger partial charge in [0.1, 0.15) is 17.0 Å². The Balaban J connectivity index is 1.61. The molecule has 2 bridgehead atoms. The highest BCUT2D eigenvalue weighted by molar-refractivity contribution is 6.07. The number of urea groups is 1. The summed E-state index contributed by atoms with van der Waals surface area (Å²) < 4.78 is 10.6. The summed E-state index contributed by atoms with van der Waals surface area (Å²) in [4.78, 5) is 25.6. The summed E-state index contributed by atoms with van der Waals surface area (Å²) in [5.41, 5.74) is 1.24. The smallest absolute Gasteiger partial charge is 0.322 e. The Morgan fingerprint density at radius 1 is 0.806 bits per heavy atom. The summed E-state index contributed by atoms with van der Waals surface area (Å²) in [5.74, 6) is 1.29. The zero-order valence-electron chi connectivity index (χ0n) is 17.7. The van der Waals surface area contributed by atoms with Crippen molar-refractivity contribution in [2.45, 2.75) is 36.9 Å². The minimum atomic E-state index is -0.921. The number of nitrogens with one attached hydrogen (secondary N) is 3. The largest absolute Gasteiger partial charge is 0.497 e. The number of rotatable bonds is 4. The third kappa shape index (κ3) is 3.07. The molecule has 7 nitrogen and oxygen atoms in total. The van der Waals surface area contributed by atoms with Gasteiger partial charge in [0.15, 0.2) is 0 Å². The number of hydrogen-bond acceptors (Lipinski definition) is 5. The molecule has 7 heteroatoms. The van der Waals surface area contributed by atoms with Crippen molar-refractivity contribution in [1.29, 1.82) is 0 Å². The SMILES string of the molecule is COc1ccc(C2NC(c3ccc(OC)cc3)C3CCCC2C32NC(=O)NC2=O)cc1. The number of ether oxygens (including phenoxy) is 2. The third-order valence-corrected chi connectivity index (χ3v) is 7.24. The molecule has 1 aliphatic carbocycles. The van der Waals surface area contributed by atoms with Crippen LogP contribution >= 0.6 is 0 Å². The van der Waals surface area contributed by atoms with E-state index >= 15 is 0 Å². The lowest BCUT2D eigenvalue weighted by Gasteiger charge is -2.56. The van der Waals surface area contributed by atoms with Crippen LogP contribution in [0.2, 0.25) is 0 Å². The summed E-state index contributed by atoms with van der Waals surface area (Å²) in [6.45, 7) is 0. The van der Waals surface area contributed by atoms with Crippen LogP contribution in [0.15, 0.2) is 48.5 Å². The van der Waals surface area contributed by atoms with Crippen molar-refractivity contribution >= 4 is 11.9 Å². The van der Waals surface area contributed by atoms with Crippen LogP contribution in [-0.2, 0) is 4.79 Å². The molecule has 2 saturated heterocycles. The Hall–Kier alpha value is -3.06. The van der Waals surface area contributed by atoms with Crippen molar-refractivity contribution in [3.05, 3.63) is 59.7 Å². The second-order valence-corrected chi connectivity index (χ2v) is 8.59. The Morgan fingerprint density at radius 2 is 1.29 bits per heavy atom. The first-order valence-electron chi connectivity index (χ1n) is 10.7. The summed E-state index contributed by atoms with van der Waals surface area (Å²) in [7, 11) is 3.29. The molecule has 0 radical (unpaired) electrons. The maximum absolute atomic E-state index is 13.3. The third-order valence-electron chi connectivity index (χ3n) is 7.24. The quantitative estimate of drug-likeness (QED) is 0.661. The minimum Gasteiger partial charge on any atom is -0.497 e. The zero-order chi connectivity index (χ0) is 21.6. The number of piperidine rings is 1. The van der Waals surface area contributed by atoms with Crippen LogP contribution in [-0.4, -0.2) is 31.7 Å². The van der Waals surface area contributed by atoms with E-state index in [9.17, 15) is 9.59 Å². The number of carbonyl (C=O) groups excluding carboxylic acids is 2. The molecule has 1 saturated carbocycles. The first-order chi connectivity index (χ1) is 15.1. The van der Waals surface area contributed by atoms with Gasteiger partial charge in [0, 0.05) is 23.9 Å². The van der Waals surface area contributed by atoms with Crippen molar-refractivity contribution in [3.8, 4) is 11.5 Å². The maximum atomic E-state index is 13.3. The second kappa shape index (κ2) is 7.57. The van der Waals surface area contributed by atoms with Crippen molar-refractivity contribution in [2.24, 2.45) is 11.8 Å². The fourth-order valence-electron chi connectivity index (χ4n) is 5.86. The van der Waals surface area contributed by atoms with Gasteiger partial charge in [0.25, 0.3) is 5.91 Å². The van der Waals surface area contributed by atoms with Gasteiger partial charge in [-0.2, -0.15) is 0 Å². The van der Waals surface area contributed by atoms with Crippen LogP contribution in [0.25, 0.3) is 0 Å². The van der Waals surface area contributed by atoms with Gasteiger partial charge in [-0.25, -0.2) is 4.79 Å². The highest BCUT2D eigenvalue weighted by Crippen LogP contribution is 2.54. The van der Waals surface area contributed by atoms with E-state index < -0.39 is 11.6 Å². The first-order valence-corrected chi connectivity index (χ1v) is 10.7. The van der Waals surface area contributed by atoms with Gasteiger partial charge in [-0.05, 0) is 48.2 Å². The van der Waals surface area contributed by atoms with Crippen LogP contribution < -0.4 is 25.4 Å². The normalized spacial score (nSPS) is 31.8. The van der Waals surface area contributed by atoms with Crippen LogP contribution in [0.1, 0.15) is 42.5 Å². The number of amides is 3. The van der Waals surface area contributed by atoms with E-state index in [1.807, 2.05) is 48.5 Å². The van der Waals surface area contributed by atoms with Gasteiger partial charge in [-0.3, -0.25) is 10.1 Å². The Morgan fingerprint density at radius 3 is 1.68 bits per heavy atom. The molecule has 3 fully saturated rings. The van der Waals surface area contributed by atoms with Gasteiger partial charge in [-0.1, -0.05) is 30.7 Å². The molecule has 1 spiro atoms. The van der Waals surface area contributed by atoms with E-state index in [0.717, 1.165) is 41.9 Å². The first kappa shape index (κ1) is 19.9. The number of imide groups is 1. The maximum Gasteiger partial charge on any atom is 0.322 e. The van der Waals surface area contributed by atoms with E-state index in [0.29, 0.717) is 0 Å². The fourth-order valence-corrected chi connectivity index (χ4v) is 5.86. The molecule has 3 N–H and O–H groups in total. The monoisotopic (exact) mass is 421 g/mol. The molecule has 2 aliphatic heterocycles. The molecule has 0 aromatic heterocycles. The van der Waals surface area contributed by atoms with Crippen molar-refractivity contribution < 1.29 is 19.1 Å². The Labute approximate surface area is 181 Å². The van der Waals surface area contributed by atoms with Crippen molar-refractivity contribution in [2.75, 3.05) is 14.2 Å². The van der Waals surface area contributed by atoms with Gasteiger partial charge in [0.05, 0.1) is 14.2 Å². The van der Waals surface area contributed by atoms with E-state index in [1.165, 1.54) is 0 Å². The molecule has 5 rings (SSSR count). The average Bonchev–Trinajstić information content (AvgIpc) is 3.07. The molecule has 4 atom stereocenters. The lowest BCUT2D eigenvalue weighted by Crippen LogP contribution is -2.69. The van der Waals surface area contributed by atoms with Crippen molar-refractivity contribution in [1.82, 2.24) is 16.0 Å². The molecule has 3 aliphatic rings. The molecule has 3 amide bonds. The average molecular weight is 421 g/mol. The highest BCUT2D eigenvalue weighted by atomic mass is 16.5. The van der Waals surface area contributed by atoms with Gasteiger partial charge < -0.3 is 20.1 Å². The van der Waals surface area contributed by atoms with Crippen LogP contribution in [0.3, 0.4) is 0 Å². The van der Waals surface area contributed by atoms with Crippen molar-refractivity contribution in [3.63, 3.8) is 0 Å². The number of benzene rings is 2. The topological polar surface area (TPSA) is 88.7 Å². The van der Waals surface area contributed by atoms with Crippen LogP contribution in [0.5, 0.6) is 11.5 Å². The standard InChI is InChI=1S/C24H27N3O4/c1-30-16-10-6-14(7-11-16)20-18-4-3-5-19(24(18)22(28)26-23(29)27-24)21(25-20)15-8-12-17(31-2)13-9-15/h6-13,18-21,25H,3-5H2,1-2H3,(H2,26,27,28,29). The number of hydrogen-bond donors (Lipinski definition) is 3. The lowest BCUT2D eigenvalue weighted by molar-refractivity contribution is -0.135. The minimum absolute atomic E-state index is 0.0411. The fraction of sp³-hybridized carbons (Fsp3) is 0.417. The van der Waals surface area contributed by atoms with E-state index in [1.54, 1.807) is 14.2 Å². The van der Waals surface area contributed by atoms with E-state index in [2.05, 4.69) is 16.0 Å². The van der Waals surface area contributed by atoms with Gasteiger partial charge >= 0.3 is 6.03 Å². The molecule has 31 heavy (non-hydrogen) atoms. The van der Waals surface area contributed by atoms with E-state index in [4.69, 9.17) is 9.47 Å². The molecule has 2 heterocycles. The van der Waals surface area contributed by atoms with E-state index in [-0.39, 0.29) is 29.8 Å². The summed E-state index contributed by atoms with van der Waals surface area (Å²) in [6, 6.07) is 15.4. The number of methoxy groups -OCH3 is 2. The molecule has 162 valence electrons. The molecule has 2 aromatic carbocycles. The second-order valence-electron chi connectivity index (χ2n) is 8.59. The lowest BCUT2D eigenvalue weighted by atomic mass is 9.56. The predicted octanol–water partition coefficient (Wildman–Crippen LogP) is 3.08. The predicted molar refractivity (Wildman–Crippen MR) is 115 cm³/mol. The van der Waals surface area contributed by atoms with Gasteiger partial charge in [0.2, 0.25) is 0 Å². The van der Waals surface area contributed by atoms with Gasteiger partial charge in [-0.15, -0.1) is 0 Å². The molecule has 4 unspecified atom stereocenters. The zero-order valence-corrected chi connectivity index (χ0v) is 17.7. The van der Waals surface area contributed by atoms with Crippen LogP contribution in [0, 0.1) is 11.8 Å². The molecular weight excluding hydrogens is 394 g/mol. The summed E-state index contributed by atoms with van der Waals surface area (Å²) in [6.07, 6.45) is 2.74. The Kier molecular flexibility index (Phi) is 4.85. The van der Waals surface area contributed by atoms with Crippen LogP contribution in [0.4, 0.5) is 4.79 Å². The molecule has 2 aromatic rings. The number of carbonyl (C=O) groups is 2. The summed E-state index contributed by atoms with van der Waals surface area (Å²) >= 11 is 0. The Bertz CT molecular complexity index is 927.